The van der Waals surface area contributed by atoms with Crippen molar-refractivity contribution in [2.75, 3.05) is 6.61 Å². The Morgan fingerprint density at radius 1 is 1.04 bits per heavy atom. The first-order valence-electron chi connectivity index (χ1n) is 10.4. The van der Waals surface area contributed by atoms with Crippen LogP contribution in [0.25, 0.3) is 0 Å². The van der Waals surface area contributed by atoms with Crippen molar-refractivity contribution in [2.24, 2.45) is 22.2 Å². The van der Waals surface area contributed by atoms with Gasteiger partial charge in [0.1, 0.15) is 0 Å². The van der Waals surface area contributed by atoms with Crippen molar-refractivity contribution >= 4 is 0 Å². The molecule has 142 valence electrons. The molecular formula is C22H36O3. The van der Waals surface area contributed by atoms with Crippen LogP contribution in [0.4, 0.5) is 0 Å². The fourth-order valence-corrected chi connectivity index (χ4v) is 7.03. The van der Waals surface area contributed by atoms with Gasteiger partial charge >= 0.3 is 0 Å². The molecule has 4 aliphatic rings. The van der Waals surface area contributed by atoms with Crippen LogP contribution in [0.3, 0.4) is 0 Å². The van der Waals surface area contributed by atoms with E-state index in [1.807, 2.05) is 0 Å². The molecule has 3 fully saturated rings. The highest BCUT2D eigenvalue weighted by Gasteiger charge is 2.67. The Labute approximate surface area is 153 Å². The molecule has 3 nitrogen and oxygen atoms in total. The van der Waals surface area contributed by atoms with E-state index in [0.717, 1.165) is 25.7 Å². The van der Waals surface area contributed by atoms with Gasteiger partial charge in [-0.15, -0.1) is 0 Å². The number of aliphatic hydroxyl groups excluding tert-OH is 1. The first-order chi connectivity index (χ1) is 11.7. The van der Waals surface area contributed by atoms with E-state index in [1.54, 1.807) is 5.57 Å². The van der Waals surface area contributed by atoms with Crippen LogP contribution in [0.2, 0.25) is 0 Å². The predicted molar refractivity (Wildman–Crippen MR) is 99.1 cm³/mol. The zero-order chi connectivity index (χ0) is 18.1. The molecule has 1 unspecified atom stereocenters. The third kappa shape index (κ3) is 2.21. The number of allylic oxidation sites excluding steroid dienone is 1. The van der Waals surface area contributed by atoms with Crippen molar-refractivity contribution in [3.8, 4) is 0 Å². The Kier molecular flexibility index (Phi) is 4.00. The van der Waals surface area contributed by atoms with Gasteiger partial charge in [-0.3, -0.25) is 0 Å². The molecule has 0 radical (unpaired) electrons. The highest BCUT2D eigenvalue weighted by atomic mass is 16.8. The van der Waals surface area contributed by atoms with Crippen molar-refractivity contribution in [2.45, 2.75) is 97.6 Å². The second kappa shape index (κ2) is 5.56. The van der Waals surface area contributed by atoms with Gasteiger partial charge in [0.25, 0.3) is 0 Å². The maximum absolute atomic E-state index is 10.3. The van der Waals surface area contributed by atoms with Crippen molar-refractivity contribution in [1.82, 2.24) is 0 Å². The molecule has 25 heavy (non-hydrogen) atoms. The molecule has 1 aliphatic heterocycles. The largest absolute Gasteiger partial charge is 0.395 e. The highest BCUT2D eigenvalue weighted by molar-refractivity contribution is 5.32. The van der Waals surface area contributed by atoms with Crippen LogP contribution in [-0.4, -0.2) is 29.7 Å². The Bertz CT molecular complexity index is 570. The summed E-state index contributed by atoms with van der Waals surface area (Å²) in [4.78, 5) is 0. The summed E-state index contributed by atoms with van der Waals surface area (Å²) in [6.07, 6.45) is 10.7. The number of aliphatic hydroxyl groups is 1. The first kappa shape index (κ1) is 18.0. The Hall–Kier alpha value is -0.380. The zero-order valence-corrected chi connectivity index (χ0v) is 16.7. The van der Waals surface area contributed by atoms with E-state index in [1.165, 1.54) is 19.3 Å². The van der Waals surface area contributed by atoms with Gasteiger partial charge in [-0.2, -0.15) is 0 Å². The van der Waals surface area contributed by atoms with E-state index in [9.17, 15) is 5.11 Å². The van der Waals surface area contributed by atoms with Gasteiger partial charge in [0, 0.05) is 17.3 Å². The van der Waals surface area contributed by atoms with Crippen LogP contribution >= 0.6 is 0 Å². The van der Waals surface area contributed by atoms with Crippen LogP contribution < -0.4 is 0 Å². The summed E-state index contributed by atoms with van der Waals surface area (Å²) in [5, 5.41) is 10.3. The summed E-state index contributed by atoms with van der Waals surface area (Å²) < 4.78 is 13.0. The van der Waals surface area contributed by atoms with Gasteiger partial charge in [0.2, 0.25) is 0 Å². The molecule has 0 aromatic heterocycles. The summed E-state index contributed by atoms with van der Waals surface area (Å²) in [5.41, 5.74) is 1.74. The van der Waals surface area contributed by atoms with Gasteiger partial charge < -0.3 is 14.6 Å². The van der Waals surface area contributed by atoms with E-state index < -0.39 is 5.79 Å². The van der Waals surface area contributed by atoms with Crippen molar-refractivity contribution in [3.63, 3.8) is 0 Å². The third-order valence-electron chi connectivity index (χ3n) is 8.62. The molecule has 5 atom stereocenters. The fourth-order valence-electron chi connectivity index (χ4n) is 7.03. The molecule has 1 saturated heterocycles. The van der Waals surface area contributed by atoms with Crippen molar-refractivity contribution in [3.05, 3.63) is 11.6 Å². The van der Waals surface area contributed by atoms with Crippen molar-refractivity contribution < 1.29 is 14.6 Å². The minimum Gasteiger partial charge on any atom is -0.395 e. The third-order valence-corrected chi connectivity index (χ3v) is 8.62. The van der Waals surface area contributed by atoms with E-state index in [4.69, 9.17) is 9.47 Å². The predicted octanol–water partition coefficient (Wildman–Crippen LogP) is 4.83. The molecule has 1 heterocycles. The van der Waals surface area contributed by atoms with Gasteiger partial charge in [-0.05, 0) is 63.7 Å². The Balaban J connectivity index is 1.74. The lowest BCUT2D eigenvalue weighted by Crippen LogP contribution is -2.62. The lowest BCUT2D eigenvalue weighted by molar-refractivity contribution is -0.295. The normalized spacial score (nSPS) is 47.9. The molecule has 0 aromatic carbocycles. The average Bonchev–Trinajstić information content (AvgIpc) is 2.88. The SMILES string of the molecule is C[C@H]1OC2(CC[C@]3(C)C4=CCCC[C@]4(CO)CCC3C2(C)C)O[C@@H]1C. The number of hydrogen-bond donors (Lipinski definition) is 1. The van der Waals surface area contributed by atoms with Crippen LogP contribution in [0.5, 0.6) is 0 Å². The number of fused-ring (bicyclic) bond motifs is 3. The van der Waals surface area contributed by atoms with E-state index in [-0.39, 0.29) is 28.5 Å². The van der Waals surface area contributed by atoms with Crippen LogP contribution in [0.1, 0.15) is 79.6 Å². The summed E-state index contributed by atoms with van der Waals surface area (Å²) in [6, 6.07) is 0. The summed E-state index contributed by atoms with van der Waals surface area (Å²) >= 11 is 0. The quantitative estimate of drug-likeness (QED) is 0.690. The lowest BCUT2D eigenvalue weighted by atomic mass is 9.43. The van der Waals surface area contributed by atoms with Gasteiger partial charge in [-0.25, -0.2) is 0 Å². The molecule has 1 spiro atoms. The molecule has 0 aromatic rings. The molecule has 3 aliphatic carbocycles. The number of rotatable bonds is 1. The second-order valence-electron chi connectivity index (χ2n) is 10.1. The van der Waals surface area contributed by atoms with Gasteiger partial charge in [-0.1, -0.05) is 32.4 Å². The molecular weight excluding hydrogens is 312 g/mol. The molecule has 3 heteroatoms. The molecule has 4 rings (SSSR count). The maximum atomic E-state index is 10.3. The summed E-state index contributed by atoms with van der Waals surface area (Å²) in [5.74, 6) is 0.0973. The van der Waals surface area contributed by atoms with Crippen molar-refractivity contribution in [1.29, 1.82) is 0 Å². The standard InChI is InChI=1S/C22H36O3/c1-15-16(2)25-22(24-15)13-12-20(5)17(19(22,3)4)9-11-21(14-23)10-7-6-8-18(20)21/h8,15-17,23H,6-7,9-14H2,1-5H3/t15-,16-,17?,20+,21-/m1/s1. The van der Waals surface area contributed by atoms with Crippen LogP contribution in [0, 0.1) is 22.2 Å². The van der Waals surface area contributed by atoms with Gasteiger partial charge in [0.15, 0.2) is 5.79 Å². The smallest absolute Gasteiger partial charge is 0.174 e. The van der Waals surface area contributed by atoms with E-state index >= 15 is 0 Å². The molecule has 1 N–H and O–H groups in total. The molecule has 0 bridgehead atoms. The molecule has 2 saturated carbocycles. The average molecular weight is 349 g/mol. The highest BCUT2D eigenvalue weighted by Crippen LogP contribution is 2.69. The Morgan fingerprint density at radius 2 is 1.72 bits per heavy atom. The first-order valence-corrected chi connectivity index (χ1v) is 10.4. The van der Waals surface area contributed by atoms with E-state index in [0.29, 0.717) is 12.5 Å². The maximum Gasteiger partial charge on any atom is 0.174 e. The number of ether oxygens (including phenoxy) is 2. The lowest BCUT2D eigenvalue weighted by Gasteiger charge is -2.64. The summed E-state index contributed by atoms with van der Waals surface area (Å²) in [7, 11) is 0. The number of hydrogen-bond acceptors (Lipinski definition) is 3. The molecule has 0 amide bonds. The second-order valence-corrected chi connectivity index (χ2v) is 10.1. The zero-order valence-electron chi connectivity index (χ0n) is 16.7. The van der Waals surface area contributed by atoms with Crippen LogP contribution in [-0.2, 0) is 9.47 Å². The van der Waals surface area contributed by atoms with E-state index in [2.05, 4.69) is 40.7 Å². The monoisotopic (exact) mass is 348 g/mol. The topological polar surface area (TPSA) is 38.7 Å². The minimum absolute atomic E-state index is 0.0288. The fraction of sp³-hybridized carbons (Fsp3) is 0.909. The Morgan fingerprint density at radius 3 is 2.36 bits per heavy atom. The van der Waals surface area contributed by atoms with Gasteiger partial charge in [0.05, 0.1) is 18.8 Å². The van der Waals surface area contributed by atoms with Crippen LogP contribution in [0.15, 0.2) is 11.6 Å². The minimum atomic E-state index is -0.440. The summed E-state index contributed by atoms with van der Waals surface area (Å²) in [6.45, 7) is 11.8.